The van der Waals surface area contributed by atoms with Crippen LogP contribution in [0.3, 0.4) is 0 Å². The number of carbonyl (C=O) groups excluding carboxylic acids is 1. The third-order valence-corrected chi connectivity index (χ3v) is 4.41. The Labute approximate surface area is 142 Å². The van der Waals surface area contributed by atoms with Gasteiger partial charge in [-0.15, -0.1) is 0 Å². The second kappa shape index (κ2) is 6.56. The highest BCUT2D eigenvalue weighted by Crippen LogP contribution is 2.34. The molecule has 1 fully saturated rings. The summed E-state index contributed by atoms with van der Waals surface area (Å²) in [6.45, 7) is 3.73. The number of benzene rings is 1. The molecule has 8 heteroatoms. The molecule has 0 saturated carbocycles. The lowest BCUT2D eigenvalue weighted by atomic mass is 10.1. The van der Waals surface area contributed by atoms with E-state index in [0.717, 1.165) is 17.3 Å². The lowest BCUT2D eigenvalue weighted by Crippen LogP contribution is -2.28. The van der Waals surface area contributed by atoms with Gasteiger partial charge in [0.05, 0.1) is 4.91 Å². The fourth-order valence-electron chi connectivity index (χ4n) is 2.26. The minimum absolute atomic E-state index is 0.172. The number of aliphatic carboxylic acids is 1. The third kappa shape index (κ3) is 3.38. The van der Waals surface area contributed by atoms with Crippen molar-refractivity contribution < 1.29 is 24.2 Å². The number of nitrogens with one attached hydrogen (secondary N) is 1. The number of hydrogen-bond acceptors (Lipinski definition) is 6. The van der Waals surface area contributed by atoms with Gasteiger partial charge in [0.25, 0.3) is 5.91 Å². The molecule has 2 N–H and O–H groups in total. The number of amides is 1. The molecule has 0 radical (unpaired) electrons. The van der Waals surface area contributed by atoms with Crippen LogP contribution in [0.2, 0.25) is 0 Å². The fraction of sp³-hybridized carbons (Fsp3) is 0.312. The predicted octanol–water partition coefficient (Wildman–Crippen LogP) is 2.08. The lowest BCUT2D eigenvalue weighted by molar-refractivity contribution is -0.139. The van der Waals surface area contributed by atoms with Crippen LogP contribution in [0.15, 0.2) is 28.1 Å². The first kappa shape index (κ1) is 16.4. The standard InChI is InChI=1S/C16H16N2O5S/c1-8(2)13(15(20)21)17-16-18-14(19)12(24-16)6-9-3-4-10-11(5-9)23-7-22-10/h3-6,8,13H,7H2,1-2H3,(H,20,21)(H,17,18,19). The van der Waals surface area contributed by atoms with E-state index < -0.39 is 12.0 Å². The molecule has 1 unspecified atom stereocenters. The molecule has 0 spiro atoms. The molecule has 1 aromatic rings. The average Bonchev–Trinajstić information content (AvgIpc) is 3.11. The van der Waals surface area contributed by atoms with Crippen LogP contribution in [0, 0.1) is 5.92 Å². The number of rotatable bonds is 4. The van der Waals surface area contributed by atoms with Gasteiger partial charge in [0.1, 0.15) is 0 Å². The van der Waals surface area contributed by atoms with Crippen molar-refractivity contribution >= 4 is 34.9 Å². The maximum atomic E-state index is 12.1. The summed E-state index contributed by atoms with van der Waals surface area (Å²) in [5, 5.41) is 12.1. The van der Waals surface area contributed by atoms with Crippen molar-refractivity contribution in [1.29, 1.82) is 0 Å². The van der Waals surface area contributed by atoms with E-state index in [9.17, 15) is 14.7 Å². The molecule has 1 amide bonds. The highest BCUT2D eigenvalue weighted by Gasteiger charge is 2.28. The second-order valence-corrected chi connectivity index (χ2v) is 6.67. The van der Waals surface area contributed by atoms with Crippen LogP contribution >= 0.6 is 11.8 Å². The number of carbonyl (C=O) groups is 2. The number of aliphatic imine (C=N–C) groups is 1. The van der Waals surface area contributed by atoms with Crippen LogP contribution in [0.25, 0.3) is 6.08 Å². The largest absolute Gasteiger partial charge is 0.480 e. The van der Waals surface area contributed by atoms with Gasteiger partial charge in [-0.05, 0) is 41.5 Å². The molecule has 0 aromatic heterocycles. The van der Waals surface area contributed by atoms with E-state index in [0.29, 0.717) is 21.6 Å². The molecule has 0 bridgehead atoms. The molecule has 2 aliphatic rings. The molecule has 0 aliphatic carbocycles. The Balaban J connectivity index is 1.81. The van der Waals surface area contributed by atoms with Crippen LogP contribution in [-0.4, -0.2) is 35.0 Å². The summed E-state index contributed by atoms with van der Waals surface area (Å²) in [6.07, 6.45) is 1.70. The quantitative estimate of drug-likeness (QED) is 0.809. The van der Waals surface area contributed by atoms with E-state index >= 15 is 0 Å². The Hall–Kier alpha value is -2.48. The van der Waals surface area contributed by atoms with Gasteiger partial charge in [-0.3, -0.25) is 4.79 Å². The average molecular weight is 348 g/mol. The summed E-state index contributed by atoms with van der Waals surface area (Å²) in [4.78, 5) is 27.9. The predicted molar refractivity (Wildman–Crippen MR) is 90.0 cm³/mol. The van der Waals surface area contributed by atoms with E-state index in [1.165, 1.54) is 0 Å². The van der Waals surface area contributed by atoms with Crippen molar-refractivity contribution in [3.8, 4) is 11.5 Å². The number of ether oxygens (including phenoxy) is 2. The number of fused-ring (bicyclic) bond motifs is 1. The molecular formula is C16H16N2O5S. The van der Waals surface area contributed by atoms with Gasteiger partial charge in [0.15, 0.2) is 22.7 Å². The summed E-state index contributed by atoms with van der Waals surface area (Å²) < 4.78 is 10.6. The Kier molecular flexibility index (Phi) is 4.48. The molecule has 3 rings (SSSR count). The Morgan fingerprint density at radius 3 is 2.83 bits per heavy atom. The van der Waals surface area contributed by atoms with E-state index in [-0.39, 0.29) is 18.6 Å². The number of nitrogens with zero attached hydrogens (tertiary/aromatic N) is 1. The van der Waals surface area contributed by atoms with Crippen molar-refractivity contribution in [2.75, 3.05) is 6.79 Å². The van der Waals surface area contributed by atoms with E-state index in [1.54, 1.807) is 32.1 Å². The first-order valence-electron chi connectivity index (χ1n) is 7.35. The summed E-state index contributed by atoms with van der Waals surface area (Å²) in [5.41, 5.74) is 0.789. The normalized spacial score (nSPS) is 20.7. The number of amidine groups is 1. The highest BCUT2D eigenvalue weighted by atomic mass is 32.2. The van der Waals surface area contributed by atoms with E-state index in [2.05, 4.69) is 10.3 Å². The zero-order valence-electron chi connectivity index (χ0n) is 13.1. The summed E-state index contributed by atoms with van der Waals surface area (Å²) in [7, 11) is 0. The fourth-order valence-corrected chi connectivity index (χ4v) is 3.12. The van der Waals surface area contributed by atoms with Crippen molar-refractivity contribution in [1.82, 2.24) is 5.32 Å². The topological polar surface area (TPSA) is 97.2 Å². The summed E-state index contributed by atoms with van der Waals surface area (Å²) >= 11 is 1.13. The van der Waals surface area contributed by atoms with Gasteiger partial charge in [0, 0.05) is 0 Å². The SMILES string of the molecule is CC(C)C(N=C1NC(=O)C(=Cc2ccc3c(c2)OCO3)S1)C(=O)O. The Bertz CT molecular complexity index is 757. The molecule has 2 heterocycles. The number of carboxylic acid groups (broad SMARTS) is 1. The Morgan fingerprint density at radius 1 is 1.38 bits per heavy atom. The van der Waals surface area contributed by atoms with E-state index in [4.69, 9.17) is 9.47 Å². The molecular weight excluding hydrogens is 332 g/mol. The van der Waals surface area contributed by atoms with E-state index in [1.807, 2.05) is 6.07 Å². The van der Waals surface area contributed by atoms with Crippen molar-refractivity contribution in [3.05, 3.63) is 28.7 Å². The maximum absolute atomic E-state index is 12.1. The Morgan fingerprint density at radius 2 is 2.12 bits per heavy atom. The van der Waals surface area contributed by atoms with Gasteiger partial charge < -0.3 is 19.9 Å². The van der Waals surface area contributed by atoms with Crippen LogP contribution in [0.5, 0.6) is 11.5 Å². The summed E-state index contributed by atoms with van der Waals surface area (Å²) in [5.74, 6) is -0.184. The van der Waals surface area contributed by atoms with Crippen LogP contribution in [0.1, 0.15) is 19.4 Å². The molecule has 1 aromatic carbocycles. The van der Waals surface area contributed by atoms with Crippen molar-refractivity contribution in [2.45, 2.75) is 19.9 Å². The molecule has 24 heavy (non-hydrogen) atoms. The minimum Gasteiger partial charge on any atom is -0.480 e. The zero-order valence-corrected chi connectivity index (χ0v) is 13.9. The monoisotopic (exact) mass is 348 g/mol. The second-order valence-electron chi connectivity index (χ2n) is 5.64. The maximum Gasteiger partial charge on any atom is 0.328 e. The third-order valence-electron chi connectivity index (χ3n) is 3.49. The first-order chi connectivity index (χ1) is 11.4. The molecule has 7 nitrogen and oxygen atoms in total. The molecule has 2 aliphatic heterocycles. The zero-order chi connectivity index (χ0) is 17.3. The molecule has 1 atom stereocenters. The van der Waals surface area contributed by atoms with Gasteiger partial charge >= 0.3 is 5.97 Å². The number of thioether (sulfide) groups is 1. The van der Waals surface area contributed by atoms with Crippen LogP contribution < -0.4 is 14.8 Å². The summed E-state index contributed by atoms with van der Waals surface area (Å²) in [6, 6.07) is 4.49. The number of carboxylic acids is 1. The van der Waals surface area contributed by atoms with Gasteiger partial charge in [-0.25, -0.2) is 9.79 Å². The number of hydrogen-bond donors (Lipinski definition) is 2. The highest BCUT2D eigenvalue weighted by molar-refractivity contribution is 8.18. The minimum atomic E-state index is -1.01. The van der Waals surface area contributed by atoms with Crippen molar-refractivity contribution in [3.63, 3.8) is 0 Å². The van der Waals surface area contributed by atoms with Crippen LogP contribution in [0.4, 0.5) is 0 Å². The van der Waals surface area contributed by atoms with Gasteiger partial charge in [0.2, 0.25) is 6.79 Å². The lowest BCUT2D eigenvalue weighted by Gasteiger charge is -2.11. The first-order valence-corrected chi connectivity index (χ1v) is 8.17. The van der Waals surface area contributed by atoms with Gasteiger partial charge in [-0.2, -0.15) is 0 Å². The van der Waals surface area contributed by atoms with Crippen LogP contribution in [-0.2, 0) is 9.59 Å². The van der Waals surface area contributed by atoms with Gasteiger partial charge in [-0.1, -0.05) is 19.9 Å². The molecule has 1 saturated heterocycles. The smallest absolute Gasteiger partial charge is 0.328 e. The molecule has 126 valence electrons. The van der Waals surface area contributed by atoms with Crippen molar-refractivity contribution in [2.24, 2.45) is 10.9 Å².